The number of carboxylic acids is 1. The van der Waals surface area contributed by atoms with E-state index < -0.39 is 72.7 Å². The van der Waals surface area contributed by atoms with Gasteiger partial charge in [-0.1, -0.05) is 13.8 Å². The first-order chi connectivity index (χ1) is 17.2. The second-order valence-corrected chi connectivity index (χ2v) is 8.71. The number of aliphatic hydroxyl groups is 1. The summed E-state index contributed by atoms with van der Waals surface area (Å²) in [5, 5.41) is 28.1. The lowest BCUT2D eigenvalue weighted by molar-refractivity contribution is -0.143. The third-order valence-corrected chi connectivity index (χ3v) is 4.81. The molecule has 0 rings (SSSR count). The van der Waals surface area contributed by atoms with Crippen molar-refractivity contribution in [3.8, 4) is 0 Å². The van der Waals surface area contributed by atoms with Crippen molar-refractivity contribution in [2.24, 2.45) is 28.1 Å². The van der Waals surface area contributed by atoms with E-state index in [0.29, 0.717) is 6.42 Å². The van der Waals surface area contributed by atoms with Gasteiger partial charge in [0.1, 0.15) is 24.2 Å². The molecule has 12 N–H and O–H groups in total. The molecule has 5 amide bonds. The number of aliphatic carboxylic acids is 1. The molecule has 0 heterocycles. The van der Waals surface area contributed by atoms with Crippen LogP contribution in [0.1, 0.15) is 46.5 Å². The number of amides is 5. The van der Waals surface area contributed by atoms with Crippen molar-refractivity contribution in [2.45, 2.75) is 70.6 Å². The van der Waals surface area contributed by atoms with Crippen molar-refractivity contribution in [3.63, 3.8) is 0 Å². The van der Waals surface area contributed by atoms with Gasteiger partial charge in [-0.2, -0.15) is 0 Å². The Morgan fingerprint density at radius 2 is 1.32 bits per heavy atom. The third-order valence-electron chi connectivity index (χ3n) is 4.81. The first-order valence-electron chi connectivity index (χ1n) is 11.5. The van der Waals surface area contributed by atoms with E-state index in [2.05, 4.69) is 26.3 Å². The SMILES string of the molecule is CC(=O)N[C@@H](CCCN=C(N)N)C(=O)N[C@@H](CO)C(=O)N[C@@H](CC(N)=O)C(=O)N[C@@H](CC(C)C)C(=O)O. The van der Waals surface area contributed by atoms with Gasteiger partial charge in [0.05, 0.1) is 13.0 Å². The fourth-order valence-corrected chi connectivity index (χ4v) is 3.13. The summed E-state index contributed by atoms with van der Waals surface area (Å²) in [6.45, 7) is 3.95. The zero-order chi connectivity index (χ0) is 28.7. The van der Waals surface area contributed by atoms with Crippen LogP contribution in [-0.2, 0) is 28.8 Å². The summed E-state index contributed by atoms with van der Waals surface area (Å²) in [7, 11) is 0. The molecular weight excluding hydrogens is 492 g/mol. The van der Waals surface area contributed by atoms with Gasteiger partial charge in [0.2, 0.25) is 29.5 Å². The number of hydrogen-bond donors (Lipinski definition) is 9. The molecule has 16 nitrogen and oxygen atoms in total. The highest BCUT2D eigenvalue weighted by atomic mass is 16.4. The molecule has 0 aromatic heterocycles. The van der Waals surface area contributed by atoms with Crippen molar-refractivity contribution in [1.29, 1.82) is 0 Å². The van der Waals surface area contributed by atoms with Gasteiger partial charge >= 0.3 is 5.97 Å². The van der Waals surface area contributed by atoms with Gasteiger partial charge in [-0.25, -0.2) is 4.79 Å². The largest absolute Gasteiger partial charge is 0.480 e. The summed E-state index contributed by atoms with van der Waals surface area (Å²) in [6, 6.07) is -5.53. The molecule has 0 radical (unpaired) electrons. The van der Waals surface area contributed by atoms with Crippen molar-refractivity contribution < 1.29 is 39.0 Å². The summed E-state index contributed by atoms with van der Waals surface area (Å²) in [6.07, 6.45) is -0.187. The van der Waals surface area contributed by atoms with Gasteiger partial charge in [-0.3, -0.25) is 29.0 Å². The molecule has 210 valence electrons. The van der Waals surface area contributed by atoms with E-state index in [1.165, 1.54) is 6.92 Å². The van der Waals surface area contributed by atoms with Crippen LogP contribution in [0, 0.1) is 5.92 Å². The quantitative estimate of drug-likeness (QED) is 0.0499. The van der Waals surface area contributed by atoms with Crippen LogP contribution in [0.15, 0.2) is 4.99 Å². The zero-order valence-electron chi connectivity index (χ0n) is 21.2. The fraction of sp³-hybridized carbons (Fsp3) is 0.667. The first-order valence-corrected chi connectivity index (χ1v) is 11.5. The second-order valence-electron chi connectivity index (χ2n) is 8.71. The number of aliphatic imine (C=N–C) groups is 1. The number of carbonyl (C=O) groups excluding carboxylic acids is 5. The Morgan fingerprint density at radius 1 is 0.811 bits per heavy atom. The maximum absolute atomic E-state index is 12.7. The second kappa shape index (κ2) is 16.7. The summed E-state index contributed by atoms with van der Waals surface area (Å²) < 4.78 is 0. The molecule has 0 saturated heterocycles. The number of nitrogens with two attached hydrogens (primary N) is 3. The molecule has 0 spiro atoms. The molecule has 0 aliphatic carbocycles. The molecular formula is C21H38N8O8. The van der Waals surface area contributed by atoms with E-state index in [1.54, 1.807) is 13.8 Å². The monoisotopic (exact) mass is 530 g/mol. The highest BCUT2D eigenvalue weighted by Crippen LogP contribution is 2.06. The minimum Gasteiger partial charge on any atom is -0.480 e. The zero-order valence-corrected chi connectivity index (χ0v) is 21.2. The summed E-state index contributed by atoms with van der Waals surface area (Å²) in [5.74, 6) is -5.88. The molecule has 0 aliphatic heterocycles. The average molecular weight is 531 g/mol. The predicted octanol–water partition coefficient (Wildman–Crippen LogP) is -4.00. The number of aliphatic hydroxyl groups excluding tert-OH is 1. The molecule has 0 bridgehead atoms. The lowest BCUT2D eigenvalue weighted by Gasteiger charge is -2.25. The Labute approximate surface area is 214 Å². The average Bonchev–Trinajstić information content (AvgIpc) is 2.76. The van der Waals surface area contributed by atoms with Gasteiger partial charge in [-0.05, 0) is 25.2 Å². The fourth-order valence-electron chi connectivity index (χ4n) is 3.13. The molecule has 0 aromatic carbocycles. The summed E-state index contributed by atoms with van der Waals surface area (Å²) in [5.41, 5.74) is 15.6. The lowest BCUT2D eigenvalue weighted by atomic mass is 10.0. The van der Waals surface area contributed by atoms with E-state index in [9.17, 15) is 39.0 Å². The molecule has 0 saturated carbocycles. The Bertz CT molecular complexity index is 859. The van der Waals surface area contributed by atoms with Gasteiger partial charge < -0.3 is 48.7 Å². The third kappa shape index (κ3) is 14.3. The van der Waals surface area contributed by atoms with Crippen LogP contribution in [-0.4, -0.2) is 89.0 Å². The minimum atomic E-state index is -1.57. The smallest absolute Gasteiger partial charge is 0.326 e. The van der Waals surface area contributed by atoms with Crippen LogP contribution in [0.4, 0.5) is 0 Å². The minimum absolute atomic E-state index is 0.0847. The van der Waals surface area contributed by atoms with Crippen LogP contribution < -0.4 is 38.5 Å². The van der Waals surface area contributed by atoms with E-state index in [1.807, 2.05) is 0 Å². The number of hydrogen-bond acceptors (Lipinski definition) is 8. The van der Waals surface area contributed by atoms with Gasteiger partial charge in [-0.15, -0.1) is 0 Å². The van der Waals surface area contributed by atoms with E-state index in [4.69, 9.17) is 17.2 Å². The predicted molar refractivity (Wildman–Crippen MR) is 131 cm³/mol. The van der Waals surface area contributed by atoms with Crippen LogP contribution in [0.25, 0.3) is 0 Å². The number of nitrogens with zero attached hydrogens (tertiary/aromatic N) is 1. The van der Waals surface area contributed by atoms with E-state index in [0.717, 1.165) is 0 Å². The maximum atomic E-state index is 12.7. The van der Waals surface area contributed by atoms with E-state index in [-0.39, 0.29) is 31.3 Å². The number of guanidine groups is 1. The van der Waals surface area contributed by atoms with Crippen molar-refractivity contribution in [1.82, 2.24) is 21.3 Å². The standard InChI is InChI=1S/C21H38N8O8/c1-10(2)7-14(20(36)37)28-18(34)13(8-16(22)32)27-19(35)15(9-30)29-17(33)12(26-11(3)31)5-4-6-25-21(23)24/h10,12-15,30H,4-9H2,1-3H3,(H2,22,32)(H,26,31)(H,27,35)(H,28,34)(H,29,33)(H,36,37)(H4,23,24,25)/t12-,13-,14-,15-/m0/s1. The van der Waals surface area contributed by atoms with Gasteiger partial charge in [0, 0.05) is 13.5 Å². The maximum Gasteiger partial charge on any atom is 0.326 e. The molecule has 0 fully saturated rings. The van der Waals surface area contributed by atoms with Crippen LogP contribution in [0.3, 0.4) is 0 Å². The van der Waals surface area contributed by atoms with Crippen LogP contribution >= 0.6 is 0 Å². The van der Waals surface area contributed by atoms with E-state index >= 15 is 0 Å². The van der Waals surface area contributed by atoms with Crippen molar-refractivity contribution >= 4 is 41.5 Å². The molecule has 16 heteroatoms. The summed E-state index contributed by atoms with van der Waals surface area (Å²) >= 11 is 0. The number of rotatable bonds is 17. The van der Waals surface area contributed by atoms with Crippen molar-refractivity contribution in [2.75, 3.05) is 13.2 Å². The lowest BCUT2D eigenvalue weighted by Crippen LogP contribution is -2.59. The highest BCUT2D eigenvalue weighted by molar-refractivity contribution is 5.96. The molecule has 37 heavy (non-hydrogen) atoms. The Hall–Kier alpha value is -3.95. The molecule has 0 unspecified atom stereocenters. The van der Waals surface area contributed by atoms with Crippen LogP contribution in [0.5, 0.6) is 0 Å². The highest BCUT2D eigenvalue weighted by Gasteiger charge is 2.31. The Kier molecular flexibility index (Phi) is 14.9. The number of carbonyl (C=O) groups is 6. The summed E-state index contributed by atoms with van der Waals surface area (Å²) in [4.78, 5) is 76.2. The van der Waals surface area contributed by atoms with Gasteiger partial charge in [0.25, 0.3) is 0 Å². The first kappa shape index (κ1) is 33.0. The normalized spacial score (nSPS) is 13.9. The molecule has 0 aromatic rings. The number of carboxylic acid groups (broad SMARTS) is 1. The Balaban J connectivity index is 5.45. The molecule has 4 atom stereocenters. The van der Waals surface area contributed by atoms with Crippen molar-refractivity contribution in [3.05, 3.63) is 0 Å². The molecule has 0 aliphatic rings. The number of primary amides is 1. The van der Waals surface area contributed by atoms with Crippen LogP contribution in [0.2, 0.25) is 0 Å². The Morgan fingerprint density at radius 3 is 1.78 bits per heavy atom. The van der Waals surface area contributed by atoms with Gasteiger partial charge in [0.15, 0.2) is 5.96 Å². The number of nitrogens with one attached hydrogen (secondary N) is 4. The topological polar surface area (TPSA) is 281 Å².